The molecule has 1 heterocycles. The highest BCUT2D eigenvalue weighted by Gasteiger charge is 2.20. The van der Waals surface area contributed by atoms with E-state index in [-0.39, 0.29) is 0 Å². The van der Waals surface area contributed by atoms with Gasteiger partial charge in [0, 0.05) is 31.3 Å². The van der Waals surface area contributed by atoms with Crippen LogP contribution in [0.4, 0.5) is 0 Å². The minimum Gasteiger partial charge on any atom is -0.134 e. The molecule has 0 aliphatic carbocycles. The third kappa shape index (κ3) is 3.69. The summed E-state index contributed by atoms with van der Waals surface area (Å²) in [7, 11) is 0. The van der Waals surface area contributed by atoms with Crippen molar-refractivity contribution in [1.82, 2.24) is 0 Å². The first-order chi connectivity index (χ1) is 21.4. The van der Waals surface area contributed by atoms with Crippen molar-refractivity contribution in [1.29, 1.82) is 0 Å². The largest absolute Gasteiger partial charge is 0.134 e. The molecule has 0 radical (unpaired) electrons. The molecule has 0 aliphatic heterocycles. The fourth-order valence-electron chi connectivity index (χ4n) is 7.02. The van der Waals surface area contributed by atoms with Crippen molar-refractivity contribution in [3.8, 4) is 33.4 Å². The Balaban J connectivity index is 1.39. The lowest BCUT2D eigenvalue weighted by Crippen LogP contribution is -1.90. The Kier molecular flexibility index (Phi) is 5.47. The van der Waals surface area contributed by atoms with Crippen molar-refractivity contribution in [2.45, 2.75) is 0 Å². The maximum atomic E-state index is 2.33. The minimum absolute atomic E-state index is 1.25. The highest BCUT2D eigenvalue weighted by molar-refractivity contribution is 7.27. The number of rotatable bonds is 3. The first-order valence-corrected chi connectivity index (χ1v) is 15.6. The summed E-state index contributed by atoms with van der Waals surface area (Å²) in [5.74, 6) is 0. The van der Waals surface area contributed by atoms with Gasteiger partial charge in [-0.3, -0.25) is 0 Å². The molecule has 0 nitrogen and oxygen atoms in total. The molecular weight excluding hydrogens is 537 g/mol. The van der Waals surface area contributed by atoms with Crippen molar-refractivity contribution >= 4 is 63.8 Å². The van der Waals surface area contributed by atoms with Gasteiger partial charge in [0.2, 0.25) is 0 Å². The smallest absolute Gasteiger partial charge is 0.0434 e. The third-order valence-corrected chi connectivity index (χ3v) is 10.2. The Morgan fingerprint density at radius 2 is 0.721 bits per heavy atom. The summed E-state index contributed by atoms with van der Waals surface area (Å²) in [6.45, 7) is 0. The van der Waals surface area contributed by atoms with Gasteiger partial charge in [0.05, 0.1) is 0 Å². The van der Waals surface area contributed by atoms with Gasteiger partial charge in [0.1, 0.15) is 0 Å². The van der Waals surface area contributed by atoms with Gasteiger partial charge < -0.3 is 0 Å². The molecule has 0 atom stereocenters. The topological polar surface area (TPSA) is 0 Å². The standard InChI is InChI=1S/C42H26S/c1-2-14-28(15-3-1)39-31-18-6-8-20-33(31)40(34-21-9-7-19-32(34)39)38-26-12-25-37-36-24-11-23-35(41(36)43-42(37)38)30-22-10-16-27-13-4-5-17-29(27)30/h1-26H. The lowest BCUT2D eigenvalue weighted by molar-refractivity contribution is 1.67. The molecule has 0 spiro atoms. The Hall–Kier alpha value is -5.24. The van der Waals surface area contributed by atoms with Gasteiger partial charge in [-0.25, -0.2) is 0 Å². The number of hydrogen-bond donors (Lipinski definition) is 0. The molecule has 1 aromatic heterocycles. The van der Waals surface area contributed by atoms with Crippen LogP contribution in [-0.4, -0.2) is 0 Å². The maximum absolute atomic E-state index is 2.33. The van der Waals surface area contributed by atoms with Gasteiger partial charge in [-0.2, -0.15) is 0 Å². The second-order valence-electron chi connectivity index (χ2n) is 11.2. The van der Waals surface area contributed by atoms with Gasteiger partial charge in [-0.05, 0) is 54.6 Å². The highest BCUT2D eigenvalue weighted by Crippen LogP contribution is 2.49. The van der Waals surface area contributed by atoms with Crippen LogP contribution in [0.25, 0.3) is 85.9 Å². The van der Waals surface area contributed by atoms with E-state index in [4.69, 9.17) is 0 Å². The van der Waals surface area contributed by atoms with E-state index in [1.54, 1.807) is 0 Å². The molecule has 0 aliphatic rings. The lowest BCUT2D eigenvalue weighted by atomic mass is 9.86. The van der Waals surface area contributed by atoms with Crippen LogP contribution >= 0.6 is 11.3 Å². The van der Waals surface area contributed by atoms with E-state index in [1.165, 1.54) is 85.9 Å². The lowest BCUT2D eigenvalue weighted by Gasteiger charge is -2.18. The SMILES string of the molecule is c1ccc(-c2c3ccccc3c(-c3cccc4c3sc3c(-c5cccc6ccccc56)cccc34)c3ccccc23)cc1. The van der Waals surface area contributed by atoms with E-state index in [0.717, 1.165) is 0 Å². The Bertz CT molecular complexity index is 2440. The third-order valence-electron chi connectivity index (χ3n) is 8.87. The van der Waals surface area contributed by atoms with Crippen LogP contribution in [0, 0.1) is 0 Å². The summed E-state index contributed by atoms with van der Waals surface area (Å²) in [4.78, 5) is 0. The second-order valence-corrected chi connectivity index (χ2v) is 12.2. The molecule has 1 heteroatoms. The highest BCUT2D eigenvalue weighted by atomic mass is 32.1. The monoisotopic (exact) mass is 562 g/mol. The van der Waals surface area contributed by atoms with E-state index in [9.17, 15) is 0 Å². The number of fused-ring (bicyclic) bond motifs is 6. The fourth-order valence-corrected chi connectivity index (χ4v) is 8.37. The van der Waals surface area contributed by atoms with E-state index >= 15 is 0 Å². The molecular formula is C42H26S. The fraction of sp³-hybridized carbons (Fsp3) is 0. The van der Waals surface area contributed by atoms with Crippen LogP contribution in [0.1, 0.15) is 0 Å². The molecule has 0 saturated heterocycles. The molecule has 0 fully saturated rings. The first-order valence-electron chi connectivity index (χ1n) is 14.8. The Morgan fingerprint density at radius 3 is 1.40 bits per heavy atom. The summed E-state index contributed by atoms with van der Waals surface area (Å²) >= 11 is 1.93. The predicted molar refractivity (Wildman–Crippen MR) is 188 cm³/mol. The molecule has 43 heavy (non-hydrogen) atoms. The summed E-state index contributed by atoms with van der Waals surface area (Å²) < 4.78 is 2.68. The van der Waals surface area contributed by atoms with Crippen LogP contribution in [0.3, 0.4) is 0 Å². The normalized spacial score (nSPS) is 11.7. The second kappa shape index (κ2) is 9.66. The summed E-state index contributed by atoms with van der Waals surface area (Å²) in [5, 5.41) is 10.4. The predicted octanol–water partition coefficient (Wildman–Crippen LogP) is 12.5. The summed E-state index contributed by atoms with van der Waals surface area (Å²) in [6, 6.07) is 57.8. The van der Waals surface area contributed by atoms with Crippen molar-refractivity contribution in [3.63, 3.8) is 0 Å². The van der Waals surface area contributed by atoms with Gasteiger partial charge in [-0.1, -0.05) is 158 Å². The van der Waals surface area contributed by atoms with Crippen LogP contribution < -0.4 is 0 Å². The number of thiophene rings is 1. The molecule has 0 saturated carbocycles. The first kappa shape index (κ1) is 24.4. The van der Waals surface area contributed by atoms with Gasteiger partial charge in [0.15, 0.2) is 0 Å². The van der Waals surface area contributed by atoms with E-state index in [0.29, 0.717) is 0 Å². The molecule has 200 valence electrons. The van der Waals surface area contributed by atoms with Crippen LogP contribution in [0.5, 0.6) is 0 Å². The molecule has 0 bridgehead atoms. The Labute approximate surface area is 254 Å². The van der Waals surface area contributed by atoms with Crippen molar-refractivity contribution in [2.75, 3.05) is 0 Å². The molecule has 8 aromatic carbocycles. The molecule has 9 aromatic rings. The van der Waals surface area contributed by atoms with Crippen molar-refractivity contribution in [2.24, 2.45) is 0 Å². The molecule has 0 unspecified atom stereocenters. The summed E-state index contributed by atoms with van der Waals surface area (Å²) in [6.07, 6.45) is 0. The molecule has 0 N–H and O–H groups in total. The van der Waals surface area contributed by atoms with Crippen molar-refractivity contribution in [3.05, 3.63) is 158 Å². The van der Waals surface area contributed by atoms with Crippen molar-refractivity contribution < 1.29 is 0 Å². The van der Waals surface area contributed by atoms with E-state index in [1.807, 2.05) is 11.3 Å². The zero-order valence-electron chi connectivity index (χ0n) is 23.4. The number of hydrogen-bond acceptors (Lipinski definition) is 1. The van der Waals surface area contributed by atoms with Crippen LogP contribution in [0.2, 0.25) is 0 Å². The average molecular weight is 563 g/mol. The minimum atomic E-state index is 1.25. The van der Waals surface area contributed by atoms with E-state index < -0.39 is 0 Å². The van der Waals surface area contributed by atoms with Crippen LogP contribution in [-0.2, 0) is 0 Å². The molecule has 9 rings (SSSR count). The maximum Gasteiger partial charge on any atom is 0.0434 e. The zero-order chi connectivity index (χ0) is 28.3. The van der Waals surface area contributed by atoms with Gasteiger partial charge >= 0.3 is 0 Å². The molecule has 0 amide bonds. The average Bonchev–Trinajstić information content (AvgIpc) is 3.47. The van der Waals surface area contributed by atoms with Crippen LogP contribution in [0.15, 0.2) is 158 Å². The van der Waals surface area contributed by atoms with Gasteiger partial charge in [-0.15, -0.1) is 11.3 Å². The zero-order valence-corrected chi connectivity index (χ0v) is 24.2. The quantitative estimate of drug-likeness (QED) is 0.188. The van der Waals surface area contributed by atoms with Gasteiger partial charge in [0.25, 0.3) is 0 Å². The van der Waals surface area contributed by atoms with E-state index in [2.05, 4.69) is 158 Å². The number of benzene rings is 8. The Morgan fingerprint density at radius 1 is 0.279 bits per heavy atom. The summed E-state index contributed by atoms with van der Waals surface area (Å²) in [5.41, 5.74) is 7.76.